The Hall–Kier alpha value is -0.740. The topological polar surface area (TPSA) is 42.9 Å². The minimum Gasteiger partial charge on any atom is -0.367 e. The van der Waals surface area contributed by atoms with Gasteiger partial charge in [-0.1, -0.05) is 13.0 Å². The van der Waals surface area contributed by atoms with E-state index in [-0.39, 0.29) is 29.8 Å². The highest BCUT2D eigenvalue weighted by atomic mass is 127. The van der Waals surface area contributed by atoms with Crippen LogP contribution in [-0.4, -0.2) is 68.2 Å². The molecule has 1 saturated heterocycles. The summed E-state index contributed by atoms with van der Waals surface area (Å²) in [4.78, 5) is 8.88. The lowest BCUT2D eigenvalue weighted by atomic mass is 10.1. The second-order valence-corrected chi connectivity index (χ2v) is 8.78. The van der Waals surface area contributed by atoms with Crippen LogP contribution >= 0.6 is 35.7 Å². The molecule has 0 spiro atoms. The third-order valence-electron chi connectivity index (χ3n) is 5.91. The number of aliphatic imine (C=N–C) groups is 1. The first-order valence-corrected chi connectivity index (χ1v) is 11.7. The number of nitrogens with one attached hydrogen (secondary N) is 2. The zero-order valence-electron chi connectivity index (χ0n) is 17.8. The van der Waals surface area contributed by atoms with Gasteiger partial charge in [-0.05, 0) is 49.8 Å². The van der Waals surface area contributed by atoms with Crippen LogP contribution in [0.4, 0.5) is 10.1 Å². The number of benzene rings is 1. The third kappa shape index (κ3) is 6.89. The molecule has 2 atom stereocenters. The summed E-state index contributed by atoms with van der Waals surface area (Å²) in [6.07, 6.45) is 5.80. The Bertz CT molecular complexity index is 666. The van der Waals surface area contributed by atoms with Crippen LogP contribution in [0.2, 0.25) is 0 Å². The monoisotopic (exact) mass is 535 g/mol. The first kappa shape index (κ1) is 24.5. The van der Waals surface area contributed by atoms with Crippen molar-refractivity contribution in [3.8, 4) is 0 Å². The Morgan fingerprint density at radius 3 is 2.59 bits per heavy atom. The second kappa shape index (κ2) is 12.2. The summed E-state index contributed by atoms with van der Waals surface area (Å²) in [5.41, 5.74) is 1.65. The maximum absolute atomic E-state index is 14.7. The van der Waals surface area contributed by atoms with Crippen LogP contribution < -0.4 is 15.5 Å². The summed E-state index contributed by atoms with van der Waals surface area (Å²) in [5.74, 6) is 0.665. The van der Waals surface area contributed by atoms with Crippen molar-refractivity contribution in [2.75, 3.05) is 50.9 Å². The summed E-state index contributed by atoms with van der Waals surface area (Å²) >= 11 is 1.95. The summed E-state index contributed by atoms with van der Waals surface area (Å²) in [5, 5.41) is 7.58. The van der Waals surface area contributed by atoms with Gasteiger partial charge in [-0.2, -0.15) is 11.8 Å². The fourth-order valence-corrected chi connectivity index (χ4v) is 4.88. The number of rotatable bonds is 6. The summed E-state index contributed by atoms with van der Waals surface area (Å²) in [6.45, 7) is 7.58. The van der Waals surface area contributed by atoms with Crippen molar-refractivity contribution in [1.29, 1.82) is 0 Å². The van der Waals surface area contributed by atoms with Gasteiger partial charge in [0.05, 0.1) is 5.69 Å². The average molecular weight is 536 g/mol. The van der Waals surface area contributed by atoms with Gasteiger partial charge >= 0.3 is 0 Å². The minimum absolute atomic E-state index is 0. The Morgan fingerprint density at radius 1 is 1.24 bits per heavy atom. The Morgan fingerprint density at radius 2 is 2.00 bits per heavy atom. The molecule has 2 fully saturated rings. The smallest absolute Gasteiger partial charge is 0.191 e. The molecular formula is C21H35FIN5S. The van der Waals surface area contributed by atoms with E-state index in [4.69, 9.17) is 0 Å². The number of thioether (sulfide) groups is 1. The second-order valence-electron chi connectivity index (χ2n) is 7.64. The van der Waals surface area contributed by atoms with Gasteiger partial charge < -0.3 is 20.4 Å². The zero-order chi connectivity index (χ0) is 19.9. The van der Waals surface area contributed by atoms with Gasteiger partial charge in [-0.15, -0.1) is 24.0 Å². The molecule has 0 radical (unpaired) electrons. The van der Waals surface area contributed by atoms with E-state index in [0.29, 0.717) is 12.6 Å². The van der Waals surface area contributed by atoms with Crippen molar-refractivity contribution < 1.29 is 4.39 Å². The number of guanidine groups is 1. The normalized spacial score (nSPS) is 23.0. The van der Waals surface area contributed by atoms with E-state index < -0.39 is 0 Å². The van der Waals surface area contributed by atoms with Crippen LogP contribution in [-0.2, 0) is 6.54 Å². The number of nitrogens with zero attached hydrogens (tertiary/aromatic N) is 3. The van der Waals surface area contributed by atoms with Crippen LogP contribution in [0.5, 0.6) is 0 Å². The maximum Gasteiger partial charge on any atom is 0.191 e. The fourth-order valence-electron chi connectivity index (χ4n) is 4.08. The highest BCUT2D eigenvalue weighted by Crippen LogP contribution is 2.28. The molecule has 2 unspecified atom stereocenters. The van der Waals surface area contributed by atoms with Gasteiger partial charge in [0.15, 0.2) is 5.96 Å². The van der Waals surface area contributed by atoms with Crippen LogP contribution in [0.1, 0.15) is 31.7 Å². The molecule has 1 aliphatic heterocycles. The van der Waals surface area contributed by atoms with E-state index in [0.717, 1.165) is 55.2 Å². The molecule has 2 N–H and O–H groups in total. The number of likely N-dealkylation sites (N-methyl/N-ethyl adjacent to an activating group) is 1. The molecule has 8 heteroatoms. The van der Waals surface area contributed by atoms with Crippen LogP contribution in [0.15, 0.2) is 23.2 Å². The van der Waals surface area contributed by atoms with Gasteiger partial charge in [0.25, 0.3) is 0 Å². The van der Waals surface area contributed by atoms with Crippen molar-refractivity contribution >= 4 is 47.4 Å². The van der Waals surface area contributed by atoms with Gasteiger partial charge in [0.2, 0.25) is 0 Å². The molecule has 164 valence electrons. The maximum atomic E-state index is 14.7. The highest BCUT2D eigenvalue weighted by Gasteiger charge is 2.24. The predicted molar refractivity (Wildman–Crippen MR) is 134 cm³/mol. The van der Waals surface area contributed by atoms with Gasteiger partial charge in [-0.3, -0.25) is 4.99 Å². The number of hydrogen-bond donors (Lipinski definition) is 2. The predicted octanol–water partition coefficient (Wildman–Crippen LogP) is 3.53. The highest BCUT2D eigenvalue weighted by molar-refractivity contribution is 14.0. The quantitative estimate of drug-likeness (QED) is 0.332. The Kier molecular flexibility index (Phi) is 10.3. The molecule has 5 nitrogen and oxygen atoms in total. The van der Waals surface area contributed by atoms with E-state index in [1.54, 1.807) is 13.1 Å². The SMILES string of the molecule is CCN1CCN(c2ccc(CNC(=NC)NC3CCC(SC)C3)cc2F)CC1.I. The molecule has 3 rings (SSSR count). The van der Waals surface area contributed by atoms with Crippen molar-refractivity contribution in [3.05, 3.63) is 29.6 Å². The first-order valence-electron chi connectivity index (χ1n) is 10.4. The largest absolute Gasteiger partial charge is 0.367 e. The van der Waals surface area contributed by atoms with E-state index in [1.165, 1.54) is 19.3 Å². The molecule has 0 bridgehead atoms. The lowest BCUT2D eigenvalue weighted by Gasteiger charge is -2.35. The van der Waals surface area contributed by atoms with Crippen LogP contribution in [0.3, 0.4) is 0 Å². The molecule has 0 aromatic heterocycles. The minimum atomic E-state index is -0.134. The molecule has 1 aromatic carbocycles. The zero-order valence-corrected chi connectivity index (χ0v) is 20.9. The van der Waals surface area contributed by atoms with Crippen LogP contribution in [0, 0.1) is 5.82 Å². The third-order valence-corrected chi connectivity index (χ3v) is 7.01. The molecule has 1 heterocycles. The van der Waals surface area contributed by atoms with E-state index in [1.807, 2.05) is 23.9 Å². The molecule has 2 aliphatic rings. The summed E-state index contributed by atoms with van der Waals surface area (Å²) in [7, 11) is 1.79. The molecule has 1 aromatic rings. The Labute approximate surface area is 196 Å². The van der Waals surface area contributed by atoms with Crippen molar-refractivity contribution in [2.24, 2.45) is 4.99 Å². The number of halogens is 2. The first-order chi connectivity index (χ1) is 13.6. The summed E-state index contributed by atoms with van der Waals surface area (Å²) < 4.78 is 14.7. The number of hydrogen-bond acceptors (Lipinski definition) is 4. The lowest BCUT2D eigenvalue weighted by molar-refractivity contribution is 0.270. The average Bonchev–Trinajstić information content (AvgIpc) is 3.19. The molecule has 0 amide bonds. The van der Waals surface area contributed by atoms with Crippen LogP contribution in [0.25, 0.3) is 0 Å². The lowest BCUT2D eigenvalue weighted by Crippen LogP contribution is -2.46. The fraction of sp³-hybridized carbons (Fsp3) is 0.667. The summed E-state index contributed by atoms with van der Waals surface area (Å²) in [6, 6.07) is 6.07. The van der Waals surface area contributed by atoms with Gasteiger partial charge in [0.1, 0.15) is 5.82 Å². The standard InChI is InChI=1S/C21H34FN5S.HI/c1-4-26-9-11-27(12-10-26)20-8-5-16(13-19(20)22)15-24-21(23-2)25-17-6-7-18(14-17)28-3;/h5,8,13,17-18H,4,6-7,9-12,14-15H2,1-3H3,(H2,23,24,25);1H. The number of anilines is 1. The van der Waals surface area contributed by atoms with E-state index >= 15 is 0 Å². The molecular weight excluding hydrogens is 500 g/mol. The van der Waals surface area contributed by atoms with E-state index in [2.05, 4.69) is 38.6 Å². The number of piperazine rings is 1. The van der Waals surface area contributed by atoms with Crippen molar-refractivity contribution in [3.63, 3.8) is 0 Å². The van der Waals surface area contributed by atoms with E-state index in [9.17, 15) is 4.39 Å². The molecule has 1 aliphatic carbocycles. The van der Waals surface area contributed by atoms with Crippen molar-refractivity contribution in [1.82, 2.24) is 15.5 Å². The molecule has 1 saturated carbocycles. The van der Waals surface area contributed by atoms with Gasteiger partial charge in [-0.25, -0.2) is 4.39 Å². The van der Waals surface area contributed by atoms with Crippen molar-refractivity contribution in [2.45, 2.75) is 44.0 Å². The van der Waals surface area contributed by atoms with Gasteiger partial charge in [0, 0.05) is 51.1 Å². The Balaban J connectivity index is 0.00000300. The molecule has 29 heavy (non-hydrogen) atoms.